The molecule has 1 N–H and O–H groups in total. The highest BCUT2D eigenvalue weighted by molar-refractivity contribution is 8.13. The fraction of sp³-hybridized carbons (Fsp3) is 0.167. The lowest BCUT2D eigenvalue weighted by molar-refractivity contribution is 0.969. The van der Waals surface area contributed by atoms with Gasteiger partial charge in [-0.2, -0.15) is 5.26 Å². The predicted molar refractivity (Wildman–Crippen MR) is 72.3 cm³/mol. The lowest BCUT2D eigenvalue weighted by Gasteiger charge is -2.01. The van der Waals surface area contributed by atoms with Crippen molar-refractivity contribution >= 4 is 33.5 Å². The van der Waals surface area contributed by atoms with Gasteiger partial charge < -0.3 is 4.57 Å². The average molecular weight is 244 g/mol. The number of nitrogens with one attached hydrogen (secondary N) is 1. The molecule has 0 amide bonds. The second-order valence-electron chi connectivity index (χ2n) is 3.53. The van der Waals surface area contributed by atoms with E-state index in [9.17, 15) is 0 Å². The van der Waals surface area contributed by atoms with E-state index in [2.05, 4.69) is 16.4 Å². The summed E-state index contributed by atoms with van der Waals surface area (Å²) in [6.07, 6.45) is 5.77. The van der Waals surface area contributed by atoms with Crippen molar-refractivity contribution in [3.63, 3.8) is 0 Å². The molecule has 1 heterocycles. The average Bonchev–Trinajstić information content (AvgIpc) is 2.70. The molecule has 0 unspecified atom stereocenters. The molecule has 4 nitrogen and oxygen atoms in total. The van der Waals surface area contributed by atoms with E-state index >= 15 is 0 Å². The number of thioether (sulfide) groups is 1. The fourth-order valence-electron chi connectivity index (χ4n) is 1.61. The first-order valence-electron chi connectivity index (χ1n) is 5.07. The summed E-state index contributed by atoms with van der Waals surface area (Å²) in [5.74, 6) is 0. The van der Waals surface area contributed by atoms with Gasteiger partial charge in [0.2, 0.25) is 0 Å². The molecule has 1 aromatic carbocycles. The smallest absolute Gasteiger partial charge is 0.183 e. The van der Waals surface area contributed by atoms with Crippen molar-refractivity contribution in [3.05, 3.63) is 30.5 Å². The van der Waals surface area contributed by atoms with Gasteiger partial charge in [0.05, 0.1) is 5.69 Å². The van der Waals surface area contributed by atoms with Gasteiger partial charge in [0.25, 0.3) is 0 Å². The summed E-state index contributed by atoms with van der Waals surface area (Å²) in [6, 6.07) is 8.03. The quantitative estimate of drug-likeness (QED) is 0.363. The minimum Gasteiger partial charge on any atom is -0.350 e. The molecule has 0 atom stereocenters. The van der Waals surface area contributed by atoms with Gasteiger partial charge in [-0.1, -0.05) is 17.8 Å². The van der Waals surface area contributed by atoms with E-state index in [1.54, 1.807) is 0 Å². The predicted octanol–water partition coefficient (Wildman–Crippen LogP) is 2.60. The molecule has 2 aromatic rings. The molecular weight excluding hydrogens is 232 g/mol. The highest BCUT2D eigenvalue weighted by Crippen LogP contribution is 2.22. The number of fused-ring (bicyclic) bond motifs is 1. The van der Waals surface area contributed by atoms with Crippen LogP contribution >= 0.6 is 11.8 Å². The molecule has 0 saturated carbocycles. The van der Waals surface area contributed by atoms with E-state index in [-0.39, 0.29) is 0 Å². The number of hydrogen-bond acceptors (Lipinski definition) is 3. The third kappa shape index (κ3) is 2.43. The largest absolute Gasteiger partial charge is 0.350 e. The molecule has 86 valence electrons. The lowest BCUT2D eigenvalue weighted by Crippen LogP contribution is -2.12. The van der Waals surface area contributed by atoms with Crippen molar-refractivity contribution in [2.75, 3.05) is 6.26 Å². The summed E-state index contributed by atoms with van der Waals surface area (Å²) in [4.78, 5) is 4.37. The number of aliphatic imine (C=N–C) groups is 1. The van der Waals surface area contributed by atoms with Crippen LogP contribution in [-0.4, -0.2) is 16.0 Å². The molecule has 1 aromatic heterocycles. The minimum absolute atomic E-state index is 0.598. The van der Waals surface area contributed by atoms with Gasteiger partial charge in [0, 0.05) is 18.8 Å². The number of amidine groups is 1. The summed E-state index contributed by atoms with van der Waals surface area (Å²) in [7, 11) is 2.00. The zero-order valence-corrected chi connectivity index (χ0v) is 10.5. The molecule has 0 saturated heterocycles. The number of nitriles is 1. The second kappa shape index (κ2) is 4.93. The zero-order valence-electron chi connectivity index (χ0n) is 9.64. The minimum atomic E-state index is 0.598. The van der Waals surface area contributed by atoms with Gasteiger partial charge in [0.15, 0.2) is 11.4 Å². The van der Waals surface area contributed by atoms with E-state index in [0.29, 0.717) is 5.17 Å². The summed E-state index contributed by atoms with van der Waals surface area (Å²) in [6.45, 7) is 0. The zero-order chi connectivity index (χ0) is 12.3. The summed E-state index contributed by atoms with van der Waals surface area (Å²) < 4.78 is 2.05. The maximum Gasteiger partial charge on any atom is 0.183 e. The Balaban J connectivity index is 2.42. The Labute approximate surface area is 104 Å². The normalized spacial score (nSPS) is 11.5. The van der Waals surface area contributed by atoms with Crippen LogP contribution in [0.15, 0.2) is 35.5 Å². The third-order valence-electron chi connectivity index (χ3n) is 2.46. The molecular formula is C12H12N4S. The topological polar surface area (TPSA) is 53.1 Å². The van der Waals surface area contributed by atoms with Gasteiger partial charge in [0.1, 0.15) is 0 Å². The molecule has 17 heavy (non-hydrogen) atoms. The maximum atomic E-state index is 8.57. The van der Waals surface area contributed by atoms with Crippen LogP contribution in [0, 0.1) is 11.5 Å². The summed E-state index contributed by atoms with van der Waals surface area (Å²) in [5, 5.41) is 12.9. The van der Waals surface area contributed by atoms with Crippen LogP contribution in [0.3, 0.4) is 0 Å². The summed E-state index contributed by atoms with van der Waals surface area (Å²) in [5.41, 5.74) is 1.97. The Morgan fingerprint density at radius 2 is 2.29 bits per heavy atom. The van der Waals surface area contributed by atoms with Gasteiger partial charge in [-0.15, -0.1) is 0 Å². The molecule has 0 fully saturated rings. The fourth-order valence-corrected chi connectivity index (χ4v) is 1.95. The molecule has 0 spiro atoms. The van der Waals surface area contributed by atoms with E-state index < -0.39 is 0 Å². The van der Waals surface area contributed by atoms with Gasteiger partial charge >= 0.3 is 0 Å². The molecule has 0 aliphatic carbocycles. The lowest BCUT2D eigenvalue weighted by atomic mass is 10.2. The molecule has 0 bridgehead atoms. The maximum absolute atomic E-state index is 8.57. The molecule has 0 radical (unpaired) electrons. The highest BCUT2D eigenvalue weighted by Gasteiger charge is 2.00. The Morgan fingerprint density at radius 1 is 1.47 bits per heavy atom. The van der Waals surface area contributed by atoms with Crippen LogP contribution in [0.1, 0.15) is 0 Å². The number of aromatic nitrogens is 1. The van der Waals surface area contributed by atoms with Gasteiger partial charge in [-0.3, -0.25) is 5.32 Å². The number of rotatable bonds is 1. The third-order valence-corrected chi connectivity index (χ3v) is 3.04. The molecule has 2 rings (SSSR count). The summed E-state index contributed by atoms with van der Waals surface area (Å²) >= 11 is 1.41. The van der Waals surface area contributed by atoms with Crippen molar-refractivity contribution in [2.24, 2.45) is 12.0 Å². The first kappa shape index (κ1) is 11.6. The van der Waals surface area contributed by atoms with E-state index in [0.717, 1.165) is 11.2 Å². The monoisotopic (exact) mass is 244 g/mol. The van der Waals surface area contributed by atoms with E-state index in [1.165, 1.54) is 17.1 Å². The van der Waals surface area contributed by atoms with Gasteiger partial charge in [-0.25, -0.2) is 4.99 Å². The Kier molecular flexibility index (Phi) is 3.35. The van der Waals surface area contributed by atoms with Crippen molar-refractivity contribution in [1.29, 1.82) is 5.26 Å². The number of aryl methyl sites for hydroxylation is 1. The van der Waals surface area contributed by atoms with Crippen LogP contribution in [0.5, 0.6) is 0 Å². The molecule has 0 aliphatic heterocycles. The van der Waals surface area contributed by atoms with Crippen molar-refractivity contribution in [3.8, 4) is 6.19 Å². The Bertz CT molecular complexity index is 606. The highest BCUT2D eigenvalue weighted by atomic mass is 32.2. The number of benzene rings is 1. The molecule has 5 heteroatoms. The first-order chi connectivity index (χ1) is 8.24. The van der Waals surface area contributed by atoms with Crippen molar-refractivity contribution < 1.29 is 0 Å². The van der Waals surface area contributed by atoms with Crippen LogP contribution in [0.25, 0.3) is 10.9 Å². The van der Waals surface area contributed by atoms with Crippen LogP contribution in [-0.2, 0) is 7.05 Å². The van der Waals surface area contributed by atoms with Gasteiger partial charge in [-0.05, 0) is 29.8 Å². The van der Waals surface area contributed by atoms with E-state index in [1.807, 2.05) is 48.5 Å². The van der Waals surface area contributed by atoms with Crippen molar-refractivity contribution in [1.82, 2.24) is 9.88 Å². The van der Waals surface area contributed by atoms with Crippen LogP contribution < -0.4 is 5.32 Å². The van der Waals surface area contributed by atoms with Crippen LogP contribution in [0.2, 0.25) is 0 Å². The Hall–Kier alpha value is -1.93. The van der Waals surface area contributed by atoms with Crippen molar-refractivity contribution in [2.45, 2.75) is 0 Å². The number of nitrogens with zero attached hydrogens (tertiary/aromatic N) is 3. The van der Waals surface area contributed by atoms with Crippen LogP contribution in [0.4, 0.5) is 5.69 Å². The first-order valence-corrected chi connectivity index (χ1v) is 6.30. The van der Waals surface area contributed by atoms with E-state index in [4.69, 9.17) is 5.26 Å². The SMILES string of the molecule is CSC(=Nc1ccc2ccn(C)c2c1)NC#N. The Morgan fingerprint density at radius 3 is 3.00 bits per heavy atom. The molecule has 0 aliphatic rings. The second-order valence-corrected chi connectivity index (χ2v) is 4.32. The standard InChI is InChI=1S/C12H12N4S/c1-16-6-5-9-3-4-10(7-11(9)16)15-12(17-2)14-8-13/h3-7H,1-2H3,(H,14,15). The number of hydrogen-bond donors (Lipinski definition) is 1.